The molecular weight excluding hydrogens is 314 g/mol. The molecule has 1 fully saturated rings. The highest BCUT2D eigenvalue weighted by Crippen LogP contribution is 2.18. The van der Waals surface area contributed by atoms with Crippen LogP contribution in [0.5, 0.6) is 0 Å². The van der Waals surface area contributed by atoms with E-state index < -0.39 is 0 Å². The third-order valence-corrected chi connectivity index (χ3v) is 4.82. The van der Waals surface area contributed by atoms with Crippen LogP contribution in [0.1, 0.15) is 35.8 Å². The van der Waals surface area contributed by atoms with Gasteiger partial charge in [0.2, 0.25) is 0 Å². The zero-order valence-corrected chi connectivity index (χ0v) is 14.9. The quantitative estimate of drug-likeness (QED) is 0.837. The number of rotatable bonds is 5. The van der Waals surface area contributed by atoms with E-state index in [1.54, 1.807) is 18.5 Å². The van der Waals surface area contributed by atoms with Gasteiger partial charge in [0.15, 0.2) is 0 Å². The number of hydrogen-bond donors (Lipinski definition) is 0. The van der Waals surface area contributed by atoms with Crippen LogP contribution in [-0.4, -0.2) is 52.4 Å². The van der Waals surface area contributed by atoms with E-state index in [2.05, 4.69) is 26.8 Å². The van der Waals surface area contributed by atoms with E-state index in [0.29, 0.717) is 11.6 Å². The average Bonchev–Trinajstić information content (AvgIpc) is 2.67. The van der Waals surface area contributed by atoms with Gasteiger partial charge in [-0.3, -0.25) is 9.78 Å². The Hall–Kier alpha value is -2.50. The third-order valence-electron chi connectivity index (χ3n) is 4.82. The summed E-state index contributed by atoms with van der Waals surface area (Å²) in [6, 6.07) is 5.83. The first-order valence-electron chi connectivity index (χ1n) is 8.85. The van der Waals surface area contributed by atoms with Crippen molar-refractivity contribution >= 4 is 11.7 Å². The molecule has 0 aromatic carbocycles. The second-order valence-electron chi connectivity index (χ2n) is 6.76. The van der Waals surface area contributed by atoms with Gasteiger partial charge in [0, 0.05) is 45.1 Å². The van der Waals surface area contributed by atoms with Crippen molar-refractivity contribution in [1.82, 2.24) is 19.9 Å². The van der Waals surface area contributed by atoms with Crippen LogP contribution in [0.2, 0.25) is 0 Å². The highest BCUT2D eigenvalue weighted by Gasteiger charge is 2.22. The normalized spacial score (nSPS) is 15.2. The lowest BCUT2D eigenvalue weighted by Crippen LogP contribution is -2.38. The van der Waals surface area contributed by atoms with E-state index in [1.165, 1.54) is 11.9 Å². The molecule has 2 aromatic rings. The molecule has 132 valence electrons. The first kappa shape index (κ1) is 17.3. The van der Waals surface area contributed by atoms with Crippen molar-refractivity contribution in [2.45, 2.75) is 26.2 Å². The van der Waals surface area contributed by atoms with E-state index >= 15 is 0 Å². The van der Waals surface area contributed by atoms with Gasteiger partial charge in [-0.05, 0) is 42.9 Å². The zero-order valence-electron chi connectivity index (χ0n) is 14.9. The Balaban J connectivity index is 1.63. The molecule has 1 amide bonds. The SMILES string of the molecule is CC1CCN(C(=O)c2cc(N(C)CCc3ccncc3)ncn2)CC1. The van der Waals surface area contributed by atoms with Crippen molar-refractivity contribution in [2.75, 3.05) is 31.6 Å². The van der Waals surface area contributed by atoms with Gasteiger partial charge in [0.25, 0.3) is 5.91 Å². The van der Waals surface area contributed by atoms with Crippen molar-refractivity contribution in [3.8, 4) is 0 Å². The van der Waals surface area contributed by atoms with Crippen molar-refractivity contribution in [2.24, 2.45) is 5.92 Å². The molecule has 1 aliphatic heterocycles. The molecule has 25 heavy (non-hydrogen) atoms. The van der Waals surface area contributed by atoms with Crippen LogP contribution in [-0.2, 0) is 6.42 Å². The minimum absolute atomic E-state index is 0.0121. The highest BCUT2D eigenvalue weighted by molar-refractivity contribution is 5.93. The fraction of sp³-hybridized carbons (Fsp3) is 0.474. The van der Waals surface area contributed by atoms with Crippen LogP contribution in [0.15, 0.2) is 36.9 Å². The Morgan fingerprint density at radius 1 is 1.24 bits per heavy atom. The molecule has 0 aliphatic carbocycles. The van der Waals surface area contributed by atoms with Gasteiger partial charge in [-0.2, -0.15) is 0 Å². The molecule has 6 heteroatoms. The number of nitrogens with zero attached hydrogens (tertiary/aromatic N) is 5. The topological polar surface area (TPSA) is 62.2 Å². The number of hydrogen-bond acceptors (Lipinski definition) is 5. The first-order valence-corrected chi connectivity index (χ1v) is 8.85. The van der Waals surface area contributed by atoms with Gasteiger partial charge in [-0.15, -0.1) is 0 Å². The maximum atomic E-state index is 12.7. The van der Waals surface area contributed by atoms with Gasteiger partial charge >= 0.3 is 0 Å². The van der Waals surface area contributed by atoms with Gasteiger partial charge in [-0.1, -0.05) is 6.92 Å². The number of anilines is 1. The summed E-state index contributed by atoms with van der Waals surface area (Å²) in [6.45, 7) is 4.69. The number of pyridine rings is 1. The van der Waals surface area contributed by atoms with Crippen molar-refractivity contribution in [3.05, 3.63) is 48.2 Å². The molecule has 0 unspecified atom stereocenters. The zero-order chi connectivity index (χ0) is 17.6. The predicted octanol–water partition coefficient (Wildman–Crippen LogP) is 2.42. The minimum atomic E-state index is 0.0121. The van der Waals surface area contributed by atoms with Crippen molar-refractivity contribution < 1.29 is 4.79 Å². The lowest BCUT2D eigenvalue weighted by Gasteiger charge is -2.30. The standard InChI is InChI=1S/C19H25N5O/c1-15-5-11-24(12-6-15)19(25)17-13-18(22-14-21-17)23(2)10-7-16-3-8-20-9-4-16/h3-4,8-9,13-15H,5-7,10-12H2,1-2H3. The van der Waals surface area contributed by atoms with Gasteiger partial charge in [0.1, 0.15) is 17.8 Å². The molecule has 0 atom stereocenters. The van der Waals surface area contributed by atoms with Crippen molar-refractivity contribution in [3.63, 3.8) is 0 Å². The molecule has 0 bridgehead atoms. The Labute approximate surface area is 148 Å². The summed E-state index contributed by atoms with van der Waals surface area (Å²) in [7, 11) is 1.99. The number of likely N-dealkylation sites (N-methyl/N-ethyl adjacent to an activating group) is 1. The van der Waals surface area contributed by atoms with Crippen LogP contribution >= 0.6 is 0 Å². The maximum Gasteiger partial charge on any atom is 0.272 e. The summed E-state index contributed by atoms with van der Waals surface area (Å²) in [5, 5.41) is 0. The maximum absolute atomic E-state index is 12.7. The van der Waals surface area contributed by atoms with E-state index in [-0.39, 0.29) is 5.91 Å². The summed E-state index contributed by atoms with van der Waals surface area (Å²) in [6.07, 6.45) is 8.12. The fourth-order valence-electron chi connectivity index (χ4n) is 3.01. The minimum Gasteiger partial charge on any atom is -0.359 e. The smallest absolute Gasteiger partial charge is 0.272 e. The number of carbonyl (C=O) groups excluding carboxylic acids is 1. The number of amides is 1. The number of carbonyl (C=O) groups is 1. The Morgan fingerprint density at radius 2 is 1.96 bits per heavy atom. The molecule has 2 aromatic heterocycles. The van der Waals surface area contributed by atoms with Gasteiger partial charge < -0.3 is 9.80 Å². The molecule has 3 rings (SSSR count). The second kappa shape index (κ2) is 8.05. The molecule has 0 saturated carbocycles. The molecule has 1 aliphatic rings. The van der Waals surface area contributed by atoms with Crippen LogP contribution in [0.3, 0.4) is 0 Å². The molecule has 0 N–H and O–H groups in total. The van der Waals surface area contributed by atoms with Crippen LogP contribution < -0.4 is 4.90 Å². The number of aromatic nitrogens is 3. The van der Waals surface area contributed by atoms with Gasteiger partial charge in [0.05, 0.1) is 0 Å². The van der Waals surface area contributed by atoms with Crippen LogP contribution in [0, 0.1) is 5.92 Å². The predicted molar refractivity (Wildman–Crippen MR) is 97.5 cm³/mol. The molecule has 6 nitrogen and oxygen atoms in total. The summed E-state index contributed by atoms with van der Waals surface area (Å²) in [4.78, 5) is 29.2. The largest absolute Gasteiger partial charge is 0.359 e. The molecular formula is C19H25N5O. The van der Waals surface area contributed by atoms with Crippen LogP contribution in [0.25, 0.3) is 0 Å². The second-order valence-corrected chi connectivity index (χ2v) is 6.76. The summed E-state index contributed by atoms with van der Waals surface area (Å²) >= 11 is 0. The van der Waals surface area contributed by atoms with E-state index in [1.807, 2.05) is 24.1 Å². The van der Waals surface area contributed by atoms with E-state index in [0.717, 1.165) is 44.7 Å². The highest BCUT2D eigenvalue weighted by atomic mass is 16.2. The Bertz CT molecular complexity index is 698. The Morgan fingerprint density at radius 3 is 2.68 bits per heavy atom. The number of likely N-dealkylation sites (tertiary alicyclic amines) is 1. The lowest BCUT2D eigenvalue weighted by molar-refractivity contribution is 0.0691. The summed E-state index contributed by atoms with van der Waals surface area (Å²) < 4.78 is 0. The van der Waals surface area contributed by atoms with Crippen LogP contribution in [0.4, 0.5) is 5.82 Å². The third kappa shape index (κ3) is 4.53. The average molecular weight is 339 g/mol. The summed E-state index contributed by atoms with van der Waals surface area (Å²) in [5.74, 6) is 1.49. The Kier molecular flexibility index (Phi) is 5.58. The molecule has 0 spiro atoms. The monoisotopic (exact) mass is 339 g/mol. The fourth-order valence-corrected chi connectivity index (χ4v) is 3.01. The first-order chi connectivity index (χ1) is 12.1. The molecule has 3 heterocycles. The summed E-state index contributed by atoms with van der Waals surface area (Å²) in [5.41, 5.74) is 1.71. The van der Waals surface area contributed by atoms with Gasteiger partial charge in [-0.25, -0.2) is 9.97 Å². The molecule has 1 saturated heterocycles. The lowest BCUT2D eigenvalue weighted by atomic mass is 9.99. The van der Waals surface area contributed by atoms with E-state index in [4.69, 9.17) is 0 Å². The number of piperidine rings is 1. The van der Waals surface area contributed by atoms with Crippen molar-refractivity contribution in [1.29, 1.82) is 0 Å². The van der Waals surface area contributed by atoms with E-state index in [9.17, 15) is 4.79 Å². The molecule has 0 radical (unpaired) electrons.